The molecule has 0 radical (unpaired) electrons. The number of aliphatic hydroxyl groups is 1. The van der Waals surface area contributed by atoms with E-state index in [0.717, 1.165) is 17.0 Å². The van der Waals surface area contributed by atoms with Crippen LogP contribution >= 0.6 is 11.3 Å². The second-order valence-corrected chi connectivity index (χ2v) is 8.38. The Bertz CT molecular complexity index is 1270. The molecule has 0 aliphatic carbocycles. The number of aryl methyl sites for hydroxylation is 2. The topological polar surface area (TPSA) is 88.8 Å². The van der Waals surface area contributed by atoms with Crippen molar-refractivity contribution >= 4 is 22.9 Å². The maximum atomic E-state index is 13.9. The van der Waals surface area contributed by atoms with Gasteiger partial charge in [-0.2, -0.15) is 0 Å². The van der Waals surface area contributed by atoms with Gasteiger partial charge in [0, 0.05) is 17.3 Å². The van der Waals surface area contributed by atoms with Gasteiger partial charge in [0.05, 0.1) is 17.9 Å². The highest BCUT2D eigenvalue weighted by atomic mass is 32.1. The Labute approximate surface area is 186 Å². The molecule has 0 bridgehead atoms. The van der Waals surface area contributed by atoms with Crippen molar-refractivity contribution in [2.75, 3.05) is 6.61 Å². The molecule has 32 heavy (non-hydrogen) atoms. The van der Waals surface area contributed by atoms with Crippen molar-refractivity contribution in [3.8, 4) is 5.75 Å². The quantitative estimate of drug-likeness (QED) is 0.441. The van der Waals surface area contributed by atoms with Crippen molar-refractivity contribution in [1.29, 1.82) is 0 Å². The number of fused-ring (bicyclic) bond motifs is 1. The third kappa shape index (κ3) is 4.19. The number of aromatic nitrogens is 3. The maximum absolute atomic E-state index is 13.9. The number of ether oxygens (including phenoxy) is 1. The number of hydrogen-bond acceptors (Lipinski definition) is 6. The fourth-order valence-corrected chi connectivity index (χ4v) is 4.12. The Morgan fingerprint density at radius 3 is 2.66 bits per heavy atom. The van der Waals surface area contributed by atoms with Crippen LogP contribution in [0.1, 0.15) is 37.7 Å². The molecule has 7 nitrogen and oxygen atoms in total. The largest absolute Gasteiger partial charge is 0.485 e. The molecular weight excluding hydrogens is 438 g/mol. The van der Waals surface area contributed by atoms with Crippen molar-refractivity contribution in [1.82, 2.24) is 19.7 Å². The number of nitrogens with zero attached hydrogens (tertiary/aromatic N) is 3. The van der Waals surface area contributed by atoms with Crippen LogP contribution in [-0.2, 0) is 6.61 Å². The van der Waals surface area contributed by atoms with Gasteiger partial charge in [0.25, 0.3) is 5.91 Å². The van der Waals surface area contributed by atoms with E-state index in [4.69, 9.17) is 4.74 Å². The number of rotatable bonds is 7. The Balaban J connectivity index is 1.61. The first-order valence-electron chi connectivity index (χ1n) is 9.76. The predicted octanol–water partition coefficient (Wildman–Crippen LogP) is 3.73. The van der Waals surface area contributed by atoms with Gasteiger partial charge in [-0.15, -0.1) is 11.3 Å². The Morgan fingerprint density at radius 1 is 1.25 bits per heavy atom. The SMILES string of the molecule is Cc1cnc([C@H](CO)NC(=O)c2c(C)nc3c(OCc4c(F)cccc4F)cccn23)s1. The van der Waals surface area contributed by atoms with Crippen LogP contribution in [0.2, 0.25) is 0 Å². The molecule has 1 amide bonds. The van der Waals surface area contributed by atoms with Crippen LogP contribution in [0.4, 0.5) is 8.78 Å². The monoisotopic (exact) mass is 458 g/mol. The van der Waals surface area contributed by atoms with Gasteiger partial charge in [-0.05, 0) is 38.1 Å². The minimum absolute atomic E-state index is 0.194. The molecule has 1 atom stereocenters. The lowest BCUT2D eigenvalue weighted by Crippen LogP contribution is -2.32. The number of amides is 1. The van der Waals surface area contributed by atoms with Crippen molar-refractivity contribution in [3.63, 3.8) is 0 Å². The van der Waals surface area contributed by atoms with Crippen LogP contribution in [0, 0.1) is 25.5 Å². The summed E-state index contributed by atoms with van der Waals surface area (Å²) in [5.41, 5.74) is 0.828. The first kappa shape index (κ1) is 21.8. The number of pyridine rings is 1. The number of imidazole rings is 1. The summed E-state index contributed by atoms with van der Waals surface area (Å²) in [5.74, 6) is -1.58. The number of hydrogen-bond donors (Lipinski definition) is 2. The van der Waals surface area contributed by atoms with Gasteiger partial charge in [0.15, 0.2) is 11.4 Å². The zero-order chi connectivity index (χ0) is 22.8. The van der Waals surface area contributed by atoms with E-state index in [-0.39, 0.29) is 30.2 Å². The third-order valence-corrected chi connectivity index (χ3v) is 5.89. The average Bonchev–Trinajstić information content (AvgIpc) is 3.34. The van der Waals surface area contributed by atoms with Gasteiger partial charge >= 0.3 is 0 Å². The standard InChI is InChI=1S/C22H20F2N4O3S/c1-12-9-25-22(32-12)17(10-29)27-21(30)19-13(2)26-20-18(7-4-8-28(19)20)31-11-14-15(23)5-3-6-16(14)24/h3-9,17,29H,10-11H2,1-2H3,(H,27,30)/t17-/m0/s1. The summed E-state index contributed by atoms with van der Waals surface area (Å²) in [4.78, 5) is 22.6. The number of thiazole rings is 1. The molecule has 0 saturated heterocycles. The van der Waals surface area contributed by atoms with E-state index in [9.17, 15) is 18.7 Å². The summed E-state index contributed by atoms with van der Waals surface area (Å²) in [6, 6.07) is 6.19. The Kier molecular flexibility index (Phi) is 6.15. The van der Waals surface area contributed by atoms with Gasteiger partial charge < -0.3 is 15.2 Å². The average molecular weight is 458 g/mol. The molecule has 3 heterocycles. The second-order valence-electron chi connectivity index (χ2n) is 7.12. The van der Waals surface area contributed by atoms with E-state index >= 15 is 0 Å². The molecule has 0 spiro atoms. The summed E-state index contributed by atoms with van der Waals surface area (Å²) >= 11 is 1.39. The number of carbonyl (C=O) groups excluding carboxylic acids is 1. The summed E-state index contributed by atoms with van der Waals surface area (Å²) in [5, 5.41) is 13.1. The van der Waals surface area contributed by atoms with Crippen LogP contribution in [-0.4, -0.2) is 32.0 Å². The highest BCUT2D eigenvalue weighted by molar-refractivity contribution is 7.11. The van der Waals surface area contributed by atoms with E-state index in [1.165, 1.54) is 17.4 Å². The zero-order valence-electron chi connectivity index (χ0n) is 17.3. The molecule has 4 rings (SSSR count). The van der Waals surface area contributed by atoms with Gasteiger partial charge in [0.1, 0.15) is 35.0 Å². The van der Waals surface area contributed by atoms with Crippen molar-refractivity contribution in [3.05, 3.63) is 81.2 Å². The fourth-order valence-electron chi connectivity index (χ4n) is 3.31. The van der Waals surface area contributed by atoms with Gasteiger partial charge in [-0.1, -0.05) is 6.07 Å². The third-order valence-electron chi connectivity index (χ3n) is 4.86. The Hall–Kier alpha value is -3.37. The first-order valence-corrected chi connectivity index (χ1v) is 10.6. The van der Waals surface area contributed by atoms with Crippen molar-refractivity contribution in [2.45, 2.75) is 26.5 Å². The lowest BCUT2D eigenvalue weighted by molar-refractivity contribution is 0.0909. The highest BCUT2D eigenvalue weighted by Crippen LogP contribution is 2.25. The number of halogens is 2. The summed E-state index contributed by atoms with van der Waals surface area (Å²) in [7, 11) is 0. The van der Waals surface area contributed by atoms with Crippen LogP contribution in [0.3, 0.4) is 0 Å². The van der Waals surface area contributed by atoms with E-state index in [0.29, 0.717) is 16.3 Å². The number of nitrogens with one attached hydrogen (secondary N) is 1. The molecule has 1 aromatic carbocycles. The predicted molar refractivity (Wildman–Crippen MR) is 115 cm³/mol. The minimum Gasteiger partial charge on any atom is -0.485 e. The summed E-state index contributed by atoms with van der Waals surface area (Å²) in [6.45, 7) is 2.92. The van der Waals surface area contributed by atoms with E-state index in [1.54, 1.807) is 35.9 Å². The van der Waals surface area contributed by atoms with E-state index < -0.39 is 23.6 Å². The summed E-state index contributed by atoms with van der Waals surface area (Å²) in [6.07, 6.45) is 3.32. The smallest absolute Gasteiger partial charge is 0.270 e. The molecule has 3 aromatic heterocycles. The first-order chi connectivity index (χ1) is 15.4. The minimum atomic E-state index is -0.705. The van der Waals surface area contributed by atoms with Crippen LogP contribution in [0.25, 0.3) is 5.65 Å². The molecule has 0 fully saturated rings. The fraction of sp³-hybridized carbons (Fsp3) is 0.227. The summed E-state index contributed by atoms with van der Waals surface area (Å²) < 4.78 is 35.0. The molecule has 2 N–H and O–H groups in total. The lowest BCUT2D eigenvalue weighted by Gasteiger charge is -2.14. The molecule has 0 aliphatic heterocycles. The van der Waals surface area contributed by atoms with Crippen molar-refractivity contribution in [2.24, 2.45) is 0 Å². The zero-order valence-corrected chi connectivity index (χ0v) is 18.1. The molecular formula is C22H20F2N4O3S. The van der Waals surface area contributed by atoms with Crippen LogP contribution < -0.4 is 10.1 Å². The molecule has 166 valence electrons. The molecule has 0 saturated carbocycles. The molecule has 10 heteroatoms. The number of benzene rings is 1. The van der Waals surface area contributed by atoms with Gasteiger partial charge in [-0.3, -0.25) is 9.20 Å². The van der Waals surface area contributed by atoms with E-state index in [2.05, 4.69) is 15.3 Å². The molecule has 4 aromatic rings. The number of carbonyl (C=O) groups is 1. The Morgan fingerprint density at radius 2 is 2.00 bits per heavy atom. The van der Waals surface area contributed by atoms with E-state index in [1.807, 2.05) is 6.92 Å². The van der Waals surface area contributed by atoms with Crippen molar-refractivity contribution < 1.29 is 23.4 Å². The second kappa shape index (κ2) is 9.01. The maximum Gasteiger partial charge on any atom is 0.270 e. The molecule has 0 aliphatic rings. The van der Waals surface area contributed by atoms with Gasteiger partial charge in [-0.25, -0.2) is 18.7 Å². The highest BCUT2D eigenvalue weighted by Gasteiger charge is 2.23. The normalized spacial score (nSPS) is 12.2. The lowest BCUT2D eigenvalue weighted by atomic mass is 10.2. The molecule has 0 unspecified atom stereocenters. The van der Waals surface area contributed by atoms with Gasteiger partial charge in [0.2, 0.25) is 0 Å². The van der Waals surface area contributed by atoms with Crippen LogP contribution in [0.5, 0.6) is 5.75 Å². The number of aliphatic hydroxyl groups excluding tert-OH is 1. The van der Waals surface area contributed by atoms with Crippen LogP contribution in [0.15, 0.2) is 42.7 Å².